The lowest BCUT2D eigenvalue weighted by atomic mass is 10.1. The molecule has 0 saturated heterocycles. The van der Waals surface area contributed by atoms with Gasteiger partial charge in [0.25, 0.3) is 0 Å². The highest BCUT2D eigenvalue weighted by Crippen LogP contribution is 2.11. The van der Waals surface area contributed by atoms with Gasteiger partial charge >= 0.3 is 0 Å². The summed E-state index contributed by atoms with van der Waals surface area (Å²) in [5.41, 5.74) is 3.87. The van der Waals surface area contributed by atoms with E-state index < -0.39 is 0 Å². The molecule has 0 saturated carbocycles. The Balaban J connectivity index is -0.0000000653. The second kappa shape index (κ2) is 42.7. The molecular formula is C14H43NO6. The van der Waals surface area contributed by atoms with Crippen LogP contribution in [0.3, 0.4) is 0 Å². The zero-order chi connectivity index (χ0) is 11.2. The molecule has 0 aliphatic carbocycles. The molecule has 0 aliphatic heterocycles. The molecule has 21 heavy (non-hydrogen) atoms. The Morgan fingerprint density at radius 2 is 0.714 bits per heavy atom. The van der Waals surface area contributed by atoms with Crippen molar-refractivity contribution in [2.24, 2.45) is 0 Å². The molecule has 0 radical (unpaired) electrons. The lowest BCUT2D eigenvalue weighted by Gasteiger charge is -2.01. The predicted octanol–water partition coefficient (Wildman–Crippen LogP) is -0.371. The minimum Gasteiger partial charge on any atom is -0.870 e. The summed E-state index contributed by atoms with van der Waals surface area (Å²) in [4.78, 5) is 0. The van der Waals surface area contributed by atoms with Crippen molar-refractivity contribution >= 4 is 0 Å². The maximum absolute atomic E-state index is 3.87. The molecular weight excluding hydrogens is 278 g/mol. The fourth-order valence-electron chi connectivity index (χ4n) is 2.02. The topological polar surface area (TPSA) is 215 Å². The maximum atomic E-state index is 3.87. The van der Waals surface area contributed by atoms with Gasteiger partial charge in [-0.05, 0) is 12.8 Å². The lowest BCUT2D eigenvalue weighted by Crippen LogP contribution is -2.50. The van der Waals surface area contributed by atoms with Gasteiger partial charge in [0, 0.05) is 0 Å². The SMILES string of the molecule is CCCCCCCCCCCCCC[NH3+].O.O.O.O.O.[OH-]. The quantitative estimate of drug-likeness (QED) is 0.467. The zero-order valence-corrected chi connectivity index (χ0v) is 13.8. The third kappa shape index (κ3) is 45.1. The Bertz CT molecular complexity index is 108. The molecule has 0 atom stereocenters. The van der Waals surface area contributed by atoms with Gasteiger partial charge in [-0.25, -0.2) is 0 Å². The van der Waals surface area contributed by atoms with E-state index >= 15 is 0 Å². The summed E-state index contributed by atoms with van der Waals surface area (Å²) >= 11 is 0. The van der Waals surface area contributed by atoms with Crippen molar-refractivity contribution in [2.45, 2.75) is 84.0 Å². The van der Waals surface area contributed by atoms with Crippen LogP contribution in [0.4, 0.5) is 0 Å². The molecule has 0 rings (SSSR count). The molecule has 0 aromatic heterocycles. The van der Waals surface area contributed by atoms with Crippen LogP contribution >= 0.6 is 0 Å². The van der Waals surface area contributed by atoms with E-state index in [-0.39, 0.29) is 32.9 Å². The molecule has 7 heteroatoms. The van der Waals surface area contributed by atoms with Gasteiger partial charge in [0.2, 0.25) is 0 Å². The first-order valence-corrected chi connectivity index (χ1v) is 7.21. The van der Waals surface area contributed by atoms with Gasteiger partial charge < -0.3 is 38.6 Å². The number of quaternary nitrogens is 1. The molecule has 0 fully saturated rings. The first kappa shape index (κ1) is 42.8. The van der Waals surface area contributed by atoms with Crippen LogP contribution in [0.15, 0.2) is 0 Å². The van der Waals surface area contributed by atoms with Crippen LogP contribution in [0.5, 0.6) is 0 Å². The van der Waals surface area contributed by atoms with Gasteiger partial charge in [0.15, 0.2) is 0 Å². The third-order valence-corrected chi connectivity index (χ3v) is 3.10. The first-order chi connectivity index (χ1) is 7.41. The molecule has 7 nitrogen and oxygen atoms in total. The molecule has 0 aliphatic rings. The first-order valence-electron chi connectivity index (χ1n) is 7.21. The Labute approximate surface area is 130 Å². The summed E-state index contributed by atoms with van der Waals surface area (Å²) in [6.07, 6.45) is 17.2. The van der Waals surface area contributed by atoms with Crippen molar-refractivity contribution in [1.29, 1.82) is 0 Å². The van der Waals surface area contributed by atoms with E-state index in [0.717, 1.165) is 6.54 Å². The van der Waals surface area contributed by atoms with Crippen LogP contribution in [0.1, 0.15) is 84.0 Å². The Kier molecular flexibility index (Phi) is 87.1. The van der Waals surface area contributed by atoms with Crippen molar-refractivity contribution in [3.05, 3.63) is 0 Å². The summed E-state index contributed by atoms with van der Waals surface area (Å²) < 4.78 is 0. The molecule has 0 unspecified atom stereocenters. The molecule has 0 aromatic carbocycles. The van der Waals surface area contributed by atoms with Crippen molar-refractivity contribution in [1.82, 2.24) is 0 Å². The minimum atomic E-state index is 0. The van der Waals surface area contributed by atoms with E-state index in [2.05, 4.69) is 12.7 Å². The molecule has 0 aromatic rings. The lowest BCUT2D eigenvalue weighted by molar-refractivity contribution is -0.368. The average Bonchev–Trinajstić information content (AvgIpc) is 2.26. The van der Waals surface area contributed by atoms with Crippen LogP contribution in [-0.4, -0.2) is 39.4 Å². The zero-order valence-electron chi connectivity index (χ0n) is 13.8. The largest absolute Gasteiger partial charge is 0.870 e. The summed E-state index contributed by atoms with van der Waals surface area (Å²) in [6, 6.07) is 0. The van der Waals surface area contributed by atoms with Crippen LogP contribution in [0.25, 0.3) is 0 Å². The van der Waals surface area contributed by atoms with Gasteiger partial charge in [0.05, 0.1) is 6.54 Å². The van der Waals surface area contributed by atoms with Crippen molar-refractivity contribution in [3.8, 4) is 0 Å². The van der Waals surface area contributed by atoms with Crippen LogP contribution in [0.2, 0.25) is 0 Å². The highest BCUT2D eigenvalue weighted by Gasteiger charge is 1.92. The standard InChI is InChI=1S/C14H31N.6H2O/c1-2-3-4-5-6-7-8-9-10-11-12-13-14-15;;;;;;/h2-15H2,1H3;6*1H2. The second-order valence-electron chi connectivity index (χ2n) is 4.74. The Morgan fingerprint density at radius 3 is 0.952 bits per heavy atom. The summed E-state index contributed by atoms with van der Waals surface area (Å²) in [7, 11) is 0. The van der Waals surface area contributed by atoms with Crippen molar-refractivity contribution in [3.63, 3.8) is 0 Å². The molecule has 0 spiro atoms. The van der Waals surface area contributed by atoms with Crippen LogP contribution in [0, 0.1) is 0 Å². The van der Waals surface area contributed by atoms with Crippen LogP contribution in [-0.2, 0) is 0 Å². The second-order valence-corrected chi connectivity index (χ2v) is 4.74. The Morgan fingerprint density at radius 1 is 0.476 bits per heavy atom. The third-order valence-electron chi connectivity index (χ3n) is 3.10. The molecule has 0 heterocycles. The summed E-state index contributed by atoms with van der Waals surface area (Å²) in [6.45, 7) is 3.41. The summed E-state index contributed by atoms with van der Waals surface area (Å²) in [5, 5.41) is 0. The van der Waals surface area contributed by atoms with Gasteiger partial charge in [-0.2, -0.15) is 0 Å². The van der Waals surface area contributed by atoms with Crippen LogP contribution < -0.4 is 5.73 Å². The number of unbranched alkanes of at least 4 members (excludes halogenated alkanes) is 11. The summed E-state index contributed by atoms with van der Waals surface area (Å²) in [5.74, 6) is 0. The fourth-order valence-corrected chi connectivity index (χ4v) is 2.02. The molecule has 0 amide bonds. The van der Waals surface area contributed by atoms with E-state index in [0.29, 0.717) is 0 Å². The van der Waals surface area contributed by atoms with Gasteiger partial charge in [-0.15, -0.1) is 0 Å². The molecule has 0 bridgehead atoms. The predicted molar refractivity (Wildman–Crippen MR) is 88.8 cm³/mol. The monoisotopic (exact) mass is 321 g/mol. The minimum absolute atomic E-state index is 0. The number of hydrogen-bond donors (Lipinski definition) is 1. The van der Waals surface area contributed by atoms with Gasteiger partial charge in [-0.3, -0.25) is 0 Å². The van der Waals surface area contributed by atoms with Crippen molar-refractivity contribution < 1.29 is 38.6 Å². The van der Waals surface area contributed by atoms with Gasteiger partial charge in [0.1, 0.15) is 0 Å². The van der Waals surface area contributed by atoms with E-state index in [1.165, 1.54) is 77.0 Å². The molecule has 140 valence electrons. The maximum Gasteiger partial charge on any atom is 0.0739 e. The van der Waals surface area contributed by atoms with Crippen molar-refractivity contribution in [2.75, 3.05) is 6.54 Å². The van der Waals surface area contributed by atoms with Gasteiger partial charge in [-0.1, -0.05) is 71.1 Å². The average molecular weight is 321 g/mol. The van der Waals surface area contributed by atoms with E-state index in [9.17, 15) is 0 Å². The highest BCUT2D eigenvalue weighted by molar-refractivity contribution is 4.47. The molecule has 14 N–H and O–H groups in total. The Hall–Kier alpha value is -0.280. The number of rotatable bonds is 12. The highest BCUT2D eigenvalue weighted by atomic mass is 16.0. The fraction of sp³-hybridized carbons (Fsp3) is 1.00. The smallest absolute Gasteiger partial charge is 0.0739 e. The number of hydrogen-bond acceptors (Lipinski definition) is 1. The normalized spacial score (nSPS) is 7.71. The van der Waals surface area contributed by atoms with E-state index in [1.807, 2.05) is 0 Å². The van der Waals surface area contributed by atoms with E-state index in [4.69, 9.17) is 0 Å². The van der Waals surface area contributed by atoms with E-state index in [1.54, 1.807) is 0 Å².